The van der Waals surface area contributed by atoms with E-state index in [1.54, 1.807) is 0 Å². The monoisotopic (exact) mass is 255 g/mol. The van der Waals surface area contributed by atoms with E-state index in [2.05, 4.69) is 38.2 Å². The minimum Gasteiger partial charge on any atom is -0.393 e. The zero-order valence-corrected chi connectivity index (χ0v) is 12.2. The second-order valence-electron chi connectivity index (χ2n) is 5.54. The highest BCUT2D eigenvalue weighted by Crippen LogP contribution is 2.29. The minimum atomic E-state index is -0.157. The van der Waals surface area contributed by atoms with Crippen molar-refractivity contribution in [3.8, 4) is 0 Å². The molecule has 0 aromatic carbocycles. The molecule has 98 valence electrons. The predicted octanol–water partition coefficient (Wildman–Crippen LogP) is 3.30. The molecule has 0 aliphatic heterocycles. The van der Waals surface area contributed by atoms with Crippen LogP contribution < -0.4 is 5.32 Å². The van der Waals surface area contributed by atoms with Crippen LogP contribution in [0.3, 0.4) is 0 Å². The average molecular weight is 255 g/mol. The van der Waals surface area contributed by atoms with E-state index in [0.29, 0.717) is 0 Å². The Kier molecular flexibility index (Phi) is 5.63. The molecule has 2 N–H and O–H groups in total. The molecule has 0 bridgehead atoms. The average Bonchev–Trinajstić information content (AvgIpc) is 2.72. The first-order valence-electron chi connectivity index (χ1n) is 6.41. The molecule has 0 aliphatic rings. The summed E-state index contributed by atoms with van der Waals surface area (Å²) in [4.78, 5) is 2.81. The first-order valence-corrected chi connectivity index (χ1v) is 7.23. The zero-order chi connectivity index (χ0) is 12.9. The number of aliphatic hydroxyl groups excluding tert-OH is 1. The van der Waals surface area contributed by atoms with Gasteiger partial charge in [-0.1, -0.05) is 27.7 Å². The number of rotatable bonds is 6. The second kappa shape index (κ2) is 6.53. The second-order valence-corrected chi connectivity index (χ2v) is 6.71. The van der Waals surface area contributed by atoms with Crippen molar-refractivity contribution in [3.05, 3.63) is 21.9 Å². The molecule has 0 fully saturated rings. The highest BCUT2D eigenvalue weighted by molar-refractivity contribution is 7.12. The summed E-state index contributed by atoms with van der Waals surface area (Å²) >= 11 is 1.88. The smallest absolute Gasteiger partial charge is 0.0549 e. The van der Waals surface area contributed by atoms with E-state index in [1.165, 1.54) is 9.75 Å². The van der Waals surface area contributed by atoms with Crippen LogP contribution in [0.5, 0.6) is 0 Å². The molecule has 2 nitrogen and oxygen atoms in total. The van der Waals surface area contributed by atoms with Gasteiger partial charge < -0.3 is 10.4 Å². The summed E-state index contributed by atoms with van der Waals surface area (Å²) in [5.74, 6) is 0. The molecule has 1 aromatic heterocycles. The van der Waals surface area contributed by atoms with E-state index in [1.807, 2.05) is 18.3 Å². The third-order valence-electron chi connectivity index (χ3n) is 2.83. The molecule has 1 unspecified atom stereocenters. The third kappa shape index (κ3) is 5.19. The van der Waals surface area contributed by atoms with Gasteiger partial charge in [-0.3, -0.25) is 0 Å². The Morgan fingerprint density at radius 3 is 2.59 bits per heavy atom. The van der Waals surface area contributed by atoms with Crippen molar-refractivity contribution in [3.63, 3.8) is 0 Å². The lowest BCUT2D eigenvalue weighted by Gasteiger charge is -2.15. The van der Waals surface area contributed by atoms with Crippen molar-refractivity contribution < 1.29 is 5.11 Å². The molecule has 0 radical (unpaired) electrons. The van der Waals surface area contributed by atoms with Crippen molar-refractivity contribution >= 4 is 11.3 Å². The van der Waals surface area contributed by atoms with Gasteiger partial charge in [0.25, 0.3) is 0 Å². The normalized spacial score (nSPS) is 13.9. The van der Waals surface area contributed by atoms with E-state index >= 15 is 0 Å². The van der Waals surface area contributed by atoms with E-state index in [-0.39, 0.29) is 11.5 Å². The molecule has 1 heterocycles. The van der Waals surface area contributed by atoms with Gasteiger partial charge in [0.1, 0.15) is 0 Å². The number of nitrogens with one attached hydrogen (secondary N) is 1. The van der Waals surface area contributed by atoms with Crippen molar-refractivity contribution in [1.29, 1.82) is 0 Å². The van der Waals surface area contributed by atoms with Crippen molar-refractivity contribution in [2.45, 2.75) is 58.6 Å². The Labute approximate surface area is 109 Å². The van der Waals surface area contributed by atoms with Gasteiger partial charge in [-0.2, -0.15) is 0 Å². The summed E-state index contributed by atoms with van der Waals surface area (Å²) in [6.45, 7) is 10.5. The van der Waals surface area contributed by atoms with Crippen LogP contribution in [0, 0.1) is 0 Å². The first kappa shape index (κ1) is 14.7. The molecule has 0 saturated heterocycles. The van der Waals surface area contributed by atoms with Crippen LogP contribution in [0.2, 0.25) is 0 Å². The van der Waals surface area contributed by atoms with Gasteiger partial charge in [0.2, 0.25) is 0 Å². The maximum absolute atomic E-state index is 9.43. The fourth-order valence-corrected chi connectivity index (χ4v) is 2.60. The summed E-state index contributed by atoms with van der Waals surface area (Å²) in [5, 5.41) is 12.8. The molecular formula is C14H25NOS. The summed E-state index contributed by atoms with van der Waals surface area (Å²) in [6, 6.07) is 4.43. The fraction of sp³-hybridized carbons (Fsp3) is 0.714. The van der Waals surface area contributed by atoms with Gasteiger partial charge in [-0.15, -0.1) is 11.3 Å². The van der Waals surface area contributed by atoms with E-state index in [0.717, 1.165) is 25.9 Å². The molecule has 17 heavy (non-hydrogen) atoms. The quantitative estimate of drug-likeness (QED) is 0.765. The van der Waals surface area contributed by atoms with E-state index in [4.69, 9.17) is 0 Å². The molecule has 1 rings (SSSR count). The molecule has 0 amide bonds. The van der Waals surface area contributed by atoms with Crippen LogP contribution in [-0.4, -0.2) is 17.8 Å². The summed E-state index contributed by atoms with van der Waals surface area (Å²) in [7, 11) is 0. The van der Waals surface area contributed by atoms with Crippen LogP contribution in [0.15, 0.2) is 12.1 Å². The highest BCUT2D eigenvalue weighted by atomic mass is 32.1. The van der Waals surface area contributed by atoms with Crippen LogP contribution in [0.25, 0.3) is 0 Å². The molecule has 0 spiro atoms. The molecule has 3 heteroatoms. The van der Waals surface area contributed by atoms with Crippen molar-refractivity contribution in [2.75, 3.05) is 6.54 Å². The minimum absolute atomic E-state index is 0.157. The number of hydrogen-bond donors (Lipinski definition) is 2. The van der Waals surface area contributed by atoms with E-state index < -0.39 is 0 Å². The van der Waals surface area contributed by atoms with Gasteiger partial charge in [0, 0.05) is 16.3 Å². The maximum atomic E-state index is 9.43. The lowest BCUT2D eigenvalue weighted by atomic mass is 9.95. The largest absolute Gasteiger partial charge is 0.393 e. The van der Waals surface area contributed by atoms with Crippen LogP contribution in [0.4, 0.5) is 0 Å². The van der Waals surface area contributed by atoms with Gasteiger partial charge in [-0.05, 0) is 36.9 Å². The molecule has 1 atom stereocenters. The zero-order valence-electron chi connectivity index (χ0n) is 11.4. The number of aliphatic hydroxyl groups is 1. The Morgan fingerprint density at radius 1 is 1.35 bits per heavy atom. The van der Waals surface area contributed by atoms with Crippen LogP contribution in [-0.2, 0) is 12.0 Å². The predicted molar refractivity (Wildman–Crippen MR) is 75.6 cm³/mol. The summed E-state index contributed by atoms with van der Waals surface area (Å²) in [5.41, 5.74) is 0.251. The molecule has 0 saturated carbocycles. The van der Waals surface area contributed by atoms with E-state index in [9.17, 15) is 5.11 Å². The Hall–Kier alpha value is -0.380. The number of hydrogen-bond acceptors (Lipinski definition) is 3. The molecule has 0 aliphatic carbocycles. The van der Waals surface area contributed by atoms with Crippen molar-refractivity contribution in [1.82, 2.24) is 5.32 Å². The van der Waals surface area contributed by atoms with Gasteiger partial charge >= 0.3 is 0 Å². The Balaban J connectivity index is 2.31. The number of thiophene rings is 1. The summed E-state index contributed by atoms with van der Waals surface area (Å²) < 4.78 is 0. The lowest BCUT2D eigenvalue weighted by Crippen LogP contribution is -2.19. The van der Waals surface area contributed by atoms with Gasteiger partial charge in [0.05, 0.1) is 6.10 Å². The highest BCUT2D eigenvalue weighted by Gasteiger charge is 2.15. The van der Waals surface area contributed by atoms with Gasteiger partial charge in [0.15, 0.2) is 0 Å². The topological polar surface area (TPSA) is 32.3 Å². The Morgan fingerprint density at radius 2 is 2.06 bits per heavy atom. The van der Waals surface area contributed by atoms with Crippen LogP contribution >= 0.6 is 11.3 Å². The van der Waals surface area contributed by atoms with Gasteiger partial charge in [-0.25, -0.2) is 0 Å². The summed E-state index contributed by atoms with van der Waals surface area (Å²) in [6.07, 6.45) is 1.53. The fourth-order valence-electron chi connectivity index (χ4n) is 1.56. The standard InChI is InChI=1S/C14H25NOS/c1-5-11(16)8-9-15-10-12-6-7-13(17-12)14(2,3)4/h6-7,11,15-16H,5,8-10H2,1-4H3. The van der Waals surface area contributed by atoms with Crippen LogP contribution in [0.1, 0.15) is 50.3 Å². The molecular weight excluding hydrogens is 230 g/mol. The first-order chi connectivity index (χ1) is 7.93. The molecule has 1 aromatic rings. The maximum Gasteiger partial charge on any atom is 0.0549 e. The Bertz CT molecular complexity index is 327. The van der Waals surface area contributed by atoms with Crippen molar-refractivity contribution in [2.24, 2.45) is 0 Å². The third-order valence-corrected chi connectivity index (χ3v) is 4.34. The lowest BCUT2D eigenvalue weighted by molar-refractivity contribution is 0.160. The SMILES string of the molecule is CCC(O)CCNCc1ccc(C(C)(C)C)s1.